The number of carboxylic acid groups (broad SMARTS) is 1. The quantitative estimate of drug-likeness (QED) is 0.475. The summed E-state index contributed by atoms with van der Waals surface area (Å²) in [5.41, 5.74) is 0. The molecule has 0 rings (SSSR count). The zero-order valence-corrected chi connectivity index (χ0v) is 9.84. The van der Waals surface area contributed by atoms with Crippen molar-refractivity contribution >= 4 is 23.3 Å². The monoisotopic (exact) mass is 236 g/mol. The Balaban J connectivity index is 3.92. The molecule has 15 heavy (non-hydrogen) atoms. The standard InChI is InChI=1S/C8H16N2O4S/c1-10(5-7(13-2)14-3)8(15)9-4-6(11)12/h7H,4-5H2,1-3H3,(H,9,15)(H,11,12). The molecule has 0 aromatic rings. The maximum atomic E-state index is 10.3. The Morgan fingerprint density at radius 1 is 1.53 bits per heavy atom. The second kappa shape index (κ2) is 7.38. The molecule has 88 valence electrons. The van der Waals surface area contributed by atoms with Gasteiger partial charge in [0.2, 0.25) is 0 Å². The Hall–Kier alpha value is -0.920. The van der Waals surface area contributed by atoms with E-state index in [2.05, 4.69) is 5.32 Å². The molecule has 0 heterocycles. The zero-order valence-electron chi connectivity index (χ0n) is 9.02. The normalized spacial score (nSPS) is 10.1. The summed E-state index contributed by atoms with van der Waals surface area (Å²) < 4.78 is 9.96. The molecule has 2 N–H and O–H groups in total. The van der Waals surface area contributed by atoms with E-state index in [0.717, 1.165) is 0 Å². The van der Waals surface area contributed by atoms with E-state index >= 15 is 0 Å². The van der Waals surface area contributed by atoms with E-state index < -0.39 is 5.97 Å². The number of hydrogen-bond donors (Lipinski definition) is 2. The maximum Gasteiger partial charge on any atom is 0.322 e. The van der Waals surface area contributed by atoms with Crippen LogP contribution in [0.15, 0.2) is 0 Å². The van der Waals surface area contributed by atoms with Gasteiger partial charge in [0.25, 0.3) is 0 Å². The minimum atomic E-state index is -0.958. The minimum absolute atomic E-state index is 0.201. The van der Waals surface area contributed by atoms with Gasteiger partial charge in [0.15, 0.2) is 11.4 Å². The highest BCUT2D eigenvalue weighted by Crippen LogP contribution is 1.95. The van der Waals surface area contributed by atoms with Gasteiger partial charge in [0.05, 0.1) is 6.54 Å². The lowest BCUT2D eigenvalue weighted by Gasteiger charge is -2.24. The lowest BCUT2D eigenvalue weighted by Crippen LogP contribution is -2.43. The Labute approximate surface area is 94.1 Å². The molecule has 0 aromatic heterocycles. The van der Waals surface area contributed by atoms with Crippen molar-refractivity contribution in [1.82, 2.24) is 10.2 Å². The molecule has 0 aromatic carbocycles. The number of methoxy groups -OCH3 is 2. The lowest BCUT2D eigenvalue weighted by molar-refractivity contribution is -0.135. The first-order chi connectivity index (χ1) is 7.01. The first kappa shape index (κ1) is 14.1. The summed E-state index contributed by atoms with van der Waals surface area (Å²) >= 11 is 4.95. The van der Waals surface area contributed by atoms with Crippen LogP contribution in [0.1, 0.15) is 0 Å². The molecule has 0 aliphatic heterocycles. The number of rotatable bonds is 6. The minimum Gasteiger partial charge on any atom is -0.480 e. The summed E-state index contributed by atoms with van der Waals surface area (Å²) in [6, 6.07) is 0. The number of thiocarbonyl (C=S) groups is 1. The lowest BCUT2D eigenvalue weighted by atomic mass is 10.5. The van der Waals surface area contributed by atoms with Gasteiger partial charge in [-0.2, -0.15) is 0 Å². The summed E-state index contributed by atoms with van der Waals surface area (Å²) in [5.74, 6) is -0.958. The van der Waals surface area contributed by atoms with Crippen molar-refractivity contribution in [3.8, 4) is 0 Å². The van der Waals surface area contributed by atoms with Crippen molar-refractivity contribution in [2.45, 2.75) is 6.29 Å². The van der Waals surface area contributed by atoms with Gasteiger partial charge in [-0.1, -0.05) is 0 Å². The molecular weight excluding hydrogens is 220 g/mol. The number of hydrogen-bond acceptors (Lipinski definition) is 4. The second-order valence-corrected chi connectivity index (χ2v) is 3.22. The van der Waals surface area contributed by atoms with Gasteiger partial charge in [-0.3, -0.25) is 4.79 Å². The van der Waals surface area contributed by atoms with Gasteiger partial charge in [-0.15, -0.1) is 0 Å². The van der Waals surface area contributed by atoms with E-state index in [0.29, 0.717) is 11.7 Å². The number of nitrogens with zero attached hydrogens (tertiary/aromatic N) is 1. The fourth-order valence-electron chi connectivity index (χ4n) is 0.838. The Bertz CT molecular complexity index is 221. The smallest absolute Gasteiger partial charge is 0.322 e. The van der Waals surface area contributed by atoms with Gasteiger partial charge < -0.3 is 24.8 Å². The SMILES string of the molecule is COC(CN(C)C(=S)NCC(=O)O)OC. The van der Waals surface area contributed by atoms with Crippen LogP contribution in [-0.2, 0) is 14.3 Å². The van der Waals surface area contributed by atoms with Gasteiger partial charge >= 0.3 is 5.97 Å². The first-order valence-electron chi connectivity index (χ1n) is 4.27. The van der Waals surface area contributed by atoms with Crippen molar-refractivity contribution in [1.29, 1.82) is 0 Å². The molecule has 7 heteroatoms. The molecule has 0 aliphatic carbocycles. The first-order valence-corrected chi connectivity index (χ1v) is 4.68. The summed E-state index contributed by atoms with van der Waals surface area (Å²) in [7, 11) is 4.77. The third kappa shape index (κ3) is 6.21. The number of nitrogens with one attached hydrogen (secondary N) is 1. The molecule has 0 bridgehead atoms. The number of ether oxygens (including phenoxy) is 2. The summed E-state index contributed by atoms with van der Waals surface area (Å²) in [6.07, 6.45) is -0.389. The third-order valence-electron chi connectivity index (χ3n) is 1.69. The molecule has 0 unspecified atom stereocenters. The Morgan fingerprint density at radius 2 is 2.07 bits per heavy atom. The van der Waals surface area contributed by atoms with E-state index in [9.17, 15) is 4.79 Å². The Morgan fingerprint density at radius 3 is 2.47 bits per heavy atom. The summed E-state index contributed by atoms with van der Waals surface area (Å²) in [4.78, 5) is 11.9. The average molecular weight is 236 g/mol. The van der Waals surface area contributed by atoms with Crippen LogP contribution in [0.25, 0.3) is 0 Å². The van der Waals surface area contributed by atoms with E-state index in [4.69, 9.17) is 26.8 Å². The average Bonchev–Trinajstić information content (AvgIpc) is 2.21. The van der Waals surface area contributed by atoms with Crippen LogP contribution in [0.3, 0.4) is 0 Å². The van der Waals surface area contributed by atoms with E-state index in [1.54, 1.807) is 11.9 Å². The Kier molecular flexibility index (Phi) is 6.93. The van der Waals surface area contributed by atoms with Crippen molar-refractivity contribution < 1.29 is 19.4 Å². The van der Waals surface area contributed by atoms with E-state index in [1.807, 2.05) is 0 Å². The second-order valence-electron chi connectivity index (χ2n) is 2.83. The molecule has 0 atom stereocenters. The van der Waals surface area contributed by atoms with E-state index in [-0.39, 0.29) is 12.8 Å². The molecule has 0 radical (unpaired) electrons. The van der Waals surface area contributed by atoms with E-state index in [1.165, 1.54) is 14.2 Å². The molecule has 0 spiro atoms. The molecule has 0 saturated heterocycles. The zero-order chi connectivity index (χ0) is 11.8. The molecule has 0 aliphatic rings. The van der Waals surface area contributed by atoms with Crippen LogP contribution in [0.5, 0.6) is 0 Å². The topological polar surface area (TPSA) is 71.0 Å². The van der Waals surface area contributed by atoms with Crippen molar-refractivity contribution in [2.75, 3.05) is 34.4 Å². The van der Waals surface area contributed by atoms with Crippen molar-refractivity contribution in [2.24, 2.45) is 0 Å². The number of carboxylic acids is 1. The van der Waals surface area contributed by atoms with Crippen LogP contribution >= 0.6 is 12.2 Å². The van der Waals surface area contributed by atoms with Gasteiger partial charge in [-0.25, -0.2) is 0 Å². The summed E-state index contributed by atoms with van der Waals surface area (Å²) in [6.45, 7) is 0.228. The molecule has 0 saturated carbocycles. The number of carbonyl (C=O) groups is 1. The maximum absolute atomic E-state index is 10.3. The van der Waals surface area contributed by atoms with Crippen molar-refractivity contribution in [3.63, 3.8) is 0 Å². The van der Waals surface area contributed by atoms with Crippen molar-refractivity contribution in [3.05, 3.63) is 0 Å². The fraction of sp³-hybridized carbons (Fsp3) is 0.750. The van der Waals surface area contributed by atoms with Gasteiger partial charge in [0.1, 0.15) is 6.54 Å². The van der Waals surface area contributed by atoms with Crippen LogP contribution in [0, 0.1) is 0 Å². The summed E-state index contributed by atoms with van der Waals surface area (Å²) in [5, 5.41) is 11.4. The predicted molar refractivity (Wildman–Crippen MR) is 58.7 cm³/mol. The highest BCUT2D eigenvalue weighted by atomic mass is 32.1. The van der Waals surface area contributed by atoms with Crippen LogP contribution < -0.4 is 5.32 Å². The fourth-order valence-corrected chi connectivity index (χ4v) is 0.985. The highest BCUT2D eigenvalue weighted by molar-refractivity contribution is 7.80. The molecule has 6 nitrogen and oxygen atoms in total. The number of aliphatic carboxylic acids is 1. The van der Waals surface area contributed by atoms with Crippen LogP contribution in [0.4, 0.5) is 0 Å². The third-order valence-corrected chi connectivity index (χ3v) is 2.14. The highest BCUT2D eigenvalue weighted by Gasteiger charge is 2.12. The molecule has 0 amide bonds. The van der Waals surface area contributed by atoms with Gasteiger partial charge in [0, 0.05) is 21.3 Å². The molecule has 0 fully saturated rings. The van der Waals surface area contributed by atoms with Crippen LogP contribution in [0.2, 0.25) is 0 Å². The number of likely N-dealkylation sites (N-methyl/N-ethyl adjacent to an activating group) is 1. The largest absolute Gasteiger partial charge is 0.480 e. The van der Waals surface area contributed by atoms with Crippen LogP contribution in [-0.4, -0.2) is 61.7 Å². The molecular formula is C8H16N2O4S. The van der Waals surface area contributed by atoms with Gasteiger partial charge in [-0.05, 0) is 12.2 Å². The predicted octanol–water partition coefficient (Wildman–Crippen LogP) is -0.504.